The van der Waals surface area contributed by atoms with Gasteiger partial charge in [0, 0.05) is 19.4 Å². The number of unbranched alkanes of at least 4 members (excludes halogenated alkanes) is 2. The molecular formula is C25H29F3N2O5. The average Bonchev–Trinajstić information content (AvgIpc) is 2.84. The highest BCUT2D eigenvalue weighted by Gasteiger charge is 2.34. The third-order valence-electron chi connectivity index (χ3n) is 5.13. The molecule has 7 nitrogen and oxygen atoms in total. The van der Waals surface area contributed by atoms with Crippen molar-refractivity contribution in [3.8, 4) is 0 Å². The monoisotopic (exact) mass is 494 g/mol. The van der Waals surface area contributed by atoms with E-state index in [9.17, 15) is 27.6 Å². The van der Waals surface area contributed by atoms with Crippen LogP contribution in [0.1, 0.15) is 42.4 Å². The van der Waals surface area contributed by atoms with Gasteiger partial charge in [0.2, 0.25) is 5.91 Å². The minimum atomic E-state index is -4.58. The maximum atomic E-state index is 13.2. The molecule has 1 atom stereocenters. The first-order valence-corrected chi connectivity index (χ1v) is 11.2. The Labute approximate surface area is 202 Å². The summed E-state index contributed by atoms with van der Waals surface area (Å²) in [6.07, 6.45) is -3.69. The number of nitrogens with one attached hydrogen (secondary N) is 2. The highest BCUT2D eigenvalue weighted by atomic mass is 19.4. The van der Waals surface area contributed by atoms with E-state index >= 15 is 0 Å². The molecule has 2 amide bonds. The van der Waals surface area contributed by atoms with Gasteiger partial charge in [-0.05, 0) is 30.0 Å². The maximum Gasteiger partial charge on any atom is 0.416 e. The standard InChI is InChI=1S/C25H29F3N2O5/c1-34-23(32)21(16-19-12-7-8-13-20(19)25(26,27)28)30-22(31)14-6-3-9-15-29-24(33)35-17-18-10-4-2-5-11-18/h2,4-5,7-8,10-13,21H,3,6,9,14-17H2,1H3,(H,29,33)(H,30,31)/t21-/m0/s1. The summed E-state index contributed by atoms with van der Waals surface area (Å²) in [5.74, 6) is -1.30. The molecule has 2 rings (SSSR count). The first kappa shape index (κ1) is 27.7. The van der Waals surface area contributed by atoms with Crippen molar-refractivity contribution in [1.82, 2.24) is 10.6 Å². The zero-order valence-corrected chi connectivity index (χ0v) is 19.4. The van der Waals surface area contributed by atoms with Crippen LogP contribution >= 0.6 is 0 Å². The van der Waals surface area contributed by atoms with Crippen LogP contribution in [-0.4, -0.2) is 37.7 Å². The Hall–Kier alpha value is -3.56. The van der Waals surface area contributed by atoms with E-state index in [1.807, 2.05) is 30.3 Å². The van der Waals surface area contributed by atoms with Crippen molar-refractivity contribution in [2.24, 2.45) is 0 Å². The predicted molar refractivity (Wildman–Crippen MR) is 122 cm³/mol. The smallest absolute Gasteiger partial charge is 0.416 e. The van der Waals surface area contributed by atoms with Gasteiger partial charge in [0.15, 0.2) is 0 Å². The molecule has 35 heavy (non-hydrogen) atoms. The molecule has 0 fully saturated rings. The molecule has 0 aliphatic carbocycles. The van der Waals surface area contributed by atoms with Crippen LogP contribution in [0, 0.1) is 0 Å². The van der Waals surface area contributed by atoms with Gasteiger partial charge in [-0.25, -0.2) is 9.59 Å². The number of methoxy groups -OCH3 is 1. The predicted octanol–water partition coefficient (Wildman–Crippen LogP) is 4.39. The molecule has 0 saturated heterocycles. The van der Waals surface area contributed by atoms with Crippen LogP contribution in [0.3, 0.4) is 0 Å². The molecule has 0 aromatic heterocycles. The highest BCUT2D eigenvalue weighted by Crippen LogP contribution is 2.32. The molecule has 0 bridgehead atoms. The summed E-state index contributed by atoms with van der Waals surface area (Å²) in [6.45, 7) is 0.538. The number of alkyl halides is 3. The Morgan fingerprint density at radius 3 is 2.31 bits per heavy atom. The molecule has 2 aromatic carbocycles. The molecule has 10 heteroatoms. The van der Waals surface area contributed by atoms with Crippen molar-refractivity contribution < 1.29 is 37.0 Å². The van der Waals surface area contributed by atoms with Gasteiger partial charge in [-0.2, -0.15) is 13.2 Å². The first-order valence-electron chi connectivity index (χ1n) is 11.2. The lowest BCUT2D eigenvalue weighted by molar-refractivity contribution is -0.145. The van der Waals surface area contributed by atoms with Crippen molar-refractivity contribution in [3.63, 3.8) is 0 Å². The van der Waals surface area contributed by atoms with Crippen LogP contribution in [-0.2, 0) is 38.3 Å². The molecule has 0 aliphatic rings. The van der Waals surface area contributed by atoms with E-state index in [-0.39, 0.29) is 25.0 Å². The Kier molecular flexibility index (Phi) is 11.1. The second kappa shape index (κ2) is 14.0. The lowest BCUT2D eigenvalue weighted by Crippen LogP contribution is -2.43. The lowest BCUT2D eigenvalue weighted by atomic mass is 9.99. The van der Waals surface area contributed by atoms with Gasteiger partial charge in [0.25, 0.3) is 0 Å². The number of hydrogen-bond acceptors (Lipinski definition) is 5. The van der Waals surface area contributed by atoms with Crippen LogP contribution < -0.4 is 10.6 Å². The van der Waals surface area contributed by atoms with Crippen LogP contribution in [0.15, 0.2) is 54.6 Å². The number of alkyl carbamates (subject to hydrolysis) is 1. The largest absolute Gasteiger partial charge is 0.467 e. The van der Waals surface area contributed by atoms with Crippen molar-refractivity contribution in [3.05, 3.63) is 71.3 Å². The van der Waals surface area contributed by atoms with Crippen LogP contribution in [0.2, 0.25) is 0 Å². The van der Waals surface area contributed by atoms with Gasteiger partial charge in [-0.1, -0.05) is 55.0 Å². The van der Waals surface area contributed by atoms with Crippen LogP contribution in [0.4, 0.5) is 18.0 Å². The van der Waals surface area contributed by atoms with E-state index in [1.54, 1.807) is 0 Å². The van der Waals surface area contributed by atoms with Gasteiger partial charge in [0.1, 0.15) is 12.6 Å². The van der Waals surface area contributed by atoms with Crippen molar-refractivity contribution in [2.45, 2.75) is 50.9 Å². The van der Waals surface area contributed by atoms with Crippen molar-refractivity contribution in [1.29, 1.82) is 0 Å². The molecule has 0 aliphatic heterocycles. The summed E-state index contributed by atoms with van der Waals surface area (Å²) in [5.41, 5.74) is -0.0975. The number of benzene rings is 2. The number of rotatable bonds is 12. The highest BCUT2D eigenvalue weighted by molar-refractivity contribution is 5.84. The van der Waals surface area contributed by atoms with E-state index in [4.69, 9.17) is 4.74 Å². The molecule has 0 heterocycles. The number of esters is 1. The number of amides is 2. The van der Waals surface area contributed by atoms with E-state index in [1.165, 1.54) is 18.2 Å². The summed E-state index contributed by atoms with van der Waals surface area (Å²) >= 11 is 0. The second-order valence-electron chi connectivity index (χ2n) is 7.80. The van der Waals surface area contributed by atoms with E-state index in [2.05, 4.69) is 15.4 Å². The number of halogens is 3. The fraction of sp³-hybridized carbons (Fsp3) is 0.400. The molecule has 0 saturated carbocycles. The molecule has 0 radical (unpaired) electrons. The Balaban J connectivity index is 1.71. The maximum absolute atomic E-state index is 13.2. The molecular weight excluding hydrogens is 465 g/mol. The molecule has 0 spiro atoms. The van der Waals surface area contributed by atoms with Gasteiger partial charge >= 0.3 is 18.2 Å². The molecule has 2 aromatic rings. The summed E-state index contributed by atoms with van der Waals surface area (Å²) in [5, 5.41) is 5.09. The normalized spacial score (nSPS) is 11.9. The molecule has 0 unspecified atom stereocenters. The minimum Gasteiger partial charge on any atom is -0.467 e. The average molecular weight is 495 g/mol. The van der Waals surface area contributed by atoms with Crippen LogP contribution in [0.5, 0.6) is 0 Å². The van der Waals surface area contributed by atoms with Crippen LogP contribution in [0.25, 0.3) is 0 Å². The number of hydrogen-bond donors (Lipinski definition) is 2. The lowest BCUT2D eigenvalue weighted by Gasteiger charge is -2.19. The van der Waals surface area contributed by atoms with Gasteiger partial charge in [-0.15, -0.1) is 0 Å². The van der Waals surface area contributed by atoms with Crippen molar-refractivity contribution in [2.75, 3.05) is 13.7 Å². The Bertz CT molecular complexity index is 967. The first-order chi connectivity index (χ1) is 16.7. The Morgan fingerprint density at radius 1 is 0.943 bits per heavy atom. The molecule has 190 valence electrons. The van der Waals surface area contributed by atoms with Crippen molar-refractivity contribution >= 4 is 18.0 Å². The SMILES string of the molecule is COC(=O)[C@H](Cc1ccccc1C(F)(F)F)NC(=O)CCCCCNC(=O)OCc1ccccc1. The minimum absolute atomic E-state index is 0.0763. The van der Waals surface area contributed by atoms with Gasteiger partial charge < -0.3 is 20.1 Å². The summed E-state index contributed by atoms with van der Waals surface area (Å²) in [7, 11) is 1.11. The molecule has 2 N–H and O–H groups in total. The van der Waals surface area contributed by atoms with Gasteiger partial charge in [0.05, 0.1) is 12.7 Å². The summed E-state index contributed by atoms with van der Waals surface area (Å²) < 4.78 is 49.5. The topological polar surface area (TPSA) is 93.7 Å². The number of carbonyl (C=O) groups excluding carboxylic acids is 3. The fourth-order valence-electron chi connectivity index (χ4n) is 3.35. The Morgan fingerprint density at radius 2 is 1.63 bits per heavy atom. The number of carbonyl (C=O) groups is 3. The van der Waals surface area contributed by atoms with E-state index in [0.717, 1.165) is 18.7 Å². The summed E-state index contributed by atoms with van der Waals surface area (Å²) in [6, 6.07) is 12.9. The van der Waals surface area contributed by atoms with E-state index in [0.29, 0.717) is 25.8 Å². The van der Waals surface area contributed by atoms with Gasteiger partial charge in [-0.3, -0.25) is 4.79 Å². The third-order valence-corrected chi connectivity index (χ3v) is 5.13. The quantitative estimate of drug-likeness (QED) is 0.337. The third kappa shape index (κ3) is 10.1. The van der Waals surface area contributed by atoms with E-state index < -0.39 is 35.8 Å². The zero-order chi connectivity index (χ0) is 25.7. The fourth-order valence-corrected chi connectivity index (χ4v) is 3.35. The number of ether oxygens (including phenoxy) is 2. The second-order valence-corrected chi connectivity index (χ2v) is 7.80. The zero-order valence-electron chi connectivity index (χ0n) is 19.4. The summed E-state index contributed by atoms with van der Waals surface area (Å²) in [4.78, 5) is 36.0.